The molecule has 0 fully saturated rings. The minimum Gasteiger partial charge on any atom is -0.463 e. The Morgan fingerprint density at radius 2 is 1.63 bits per heavy atom. The first-order chi connectivity index (χ1) is 22.4. The Morgan fingerprint density at radius 3 is 2.37 bits per heavy atom. The molecule has 3 heterocycles. The SMILES string of the molecule is CCOC(=O)C1=C(c2ccccc2)N=c2s/c(=C3/C(=O)N(Cc4ccccc4Cl)c4ccccc43)c(=O)n2C1c1ccc(F)cc1. The third-order valence-corrected chi connectivity index (χ3v) is 9.39. The van der Waals surface area contributed by atoms with Gasteiger partial charge in [-0.25, -0.2) is 14.2 Å². The van der Waals surface area contributed by atoms with Crippen molar-refractivity contribution in [2.75, 3.05) is 11.5 Å². The average Bonchev–Trinajstić information content (AvgIpc) is 3.54. The zero-order chi connectivity index (χ0) is 31.9. The van der Waals surface area contributed by atoms with Gasteiger partial charge in [0.1, 0.15) is 10.3 Å². The number of hydrogen-bond donors (Lipinski definition) is 0. The van der Waals surface area contributed by atoms with Crippen LogP contribution in [0.5, 0.6) is 0 Å². The van der Waals surface area contributed by atoms with Gasteiger partial charge >= 0.3 is 5.97 Å². The van der Waals surface area contributed by atoms with Crippen molar-refractivity contribution < 1.29 is 18.7 Å². The highest BCUT2D eigenvalue weighted by Crippen LogP contribution is 2.38. The fraction of sp³-hybridized carbons (Fsp3) is 0.111. The maximum absolute atomic E-state index is 14.5. The standard InChI is InChI=1S/C36H25ClFN3O4S/c1-2-45-35(44)29-30(21-10-4-3-5-11-21)39-36-41(31(29)22-16-18-24(38)19-17-22)34(43)32(46-36)28-25-13-7-9-15-27(25)40(33(28)42)20-23-12-6-8-14-26(23)37/h3-19,31H,2,20H2,1H3/b32-28+. The molecule has 2 aliphatic heterocycles. The van der Waals surface area contributed by atoms with Crippen molar-refractivity contribution in [1.82, 2.24) is 4.57 Å². The molecular weight excluding hydrogens is 625 g/mol. The van der Waals surface area contributed by atoms with Crippen LogP contribution in [-0.2, 0) is 20.9 Å². The van der Waals surface area contributed by atoms with Crippen molar-refractivity contribution in [1.29, 1.82) is 0 Å². The Balaban J connectivity index is 1.50. The largest absolute Gasteiger partial charge is 0.463 e. The van der Waals surface area contributed by atoms with Crippen LogP contribution in [0, 0.1) is 5.82 Å². The van der Waals surface area contributed by atoms with Crippen molar-refractivity contribution >= 4 is 51.8 Å². The number of benzene rings is 4. The van der Waals surface area contributed by atoms with E-state index in [9.17, 15) is 18.8 Å². The minimum atomic E-state index is -0.994. The monoisotopic (exact) mass is 649 g/mol. The van der Waals surface area contributed by atoms with E-state index in [2.05, 4.69) is 0 Å². The number of amides is 1. The summed E-state index contributed by atoms with van der Waals surface area (Å²) in [5.41, 5.74) is 3.38. The highest BCUT2D eigenvalue weighted by molar-refractivity contribution is 7.07. The van der Waals surface area contributed by atoms with Gasteiger partial charge < -0.3 is 9.64 Å². The van der Waals surface area contributed by atoms with Crippen molar-refractivity contribution in [3.05, 3.63) is 161 Å². The lowest BCUT2D eigenvalue weighted by atomic mass is 9.93. The van der Waals surface area contributed by atoms with Gasteiger partial charge in [-0.05, 0) is 42.3 Å². The molecule has 228 valence electrons. The van der Waals surface area contributed by atoms with E-state index in [4.69, 9.17) is 21.3 Å². The number of fused-ring (bicyclic) bond motifs is 2. The van der Waals surface area contributed by atoms with Gasteiger partial charge in [-0.2, -0.15) is 0 Å². The second kappa shape index (κ2) is 12.0. The summed E-state index contributed by atoms with van der Waals surface area (Å²) in [5.74, 6) is -1.46. The predicted molar refractivity (Wildman–Crippen MR) is 175 cm³/mol. The normalized spacial score (nSPS) is 16.6. The minimum absolute atomic E-state index is 0.0989. The first-order valence-electron chi connectivity index (χ1n) is 14.6. The average molecular weight is 650 g/mol. The van der Waals surface area contributed by atoms with Crippen LogP contribution in [0.15, 0.2) is 118 Å². The number of para-hydroxylation sites is 1. The molecule has 0 spiro atoms. The first kappa shape index (κ1) is 29.6. The van der Waals surface area contributed by atoms with Gasteiger partial charge in [0, 0.05) is 16.1 Å². The summed E-state index contributed by atoms with van der Waals surface area (Å²) < 4.78 is 21.2. The molecule has 1 atom stereocenters. The van der Waals surface area contributed by atoms with Crippen LogP contribution >= 0.6 is 22.9 Å². The lowest BCUT2D eigenvalue weighted by molar-refractivity contribution is -0.138. The molecule has 46 heavy (non-hydrogen) atoms. The predicted octanol–water partition coefficient (Wildman–Crippen LogP) is 5.65. The zero-order valence-corrected chi connectivity index (χ0v) is 26.0. The van der Waals surface area contributed by atoms with E-state index in [0.717, 1.165) is 16.9 Å². The number of thiazole rings is 1. The summed E-state index contributed by atoms with van der Waals surface area (Å²) in [7, 11) is 0. The molecule has 7 rings (SSSR count). The second-order valence-electron chi connectivity index (χ2n) is 10.7. The van der Waals surface area contributed by atoms with Gasteiger partial charge in [0.25, 0.3) is 11.5 Å². The molecule has 1 aromatic heterocycles. The van der Waals surface area contributed by atoms with Crippen LogP contribution in [-0.4, -0.2) is 23.1 Å². The molecule has 4 aromatic carbocycles. The summed E-state index contributed by atoms with van der Waals surface area (Å²) in [6.45, 7) is 2.00. The molecule has 0 radical (unpaired) electrons. The maximum Gasteiger partial charge on any atom is 0.338 e. The highest BCUT2D eigenvalue weighted by atomic mass is 35.5. The van der Waals surface area contributed by atoms with Crippen LogP contribution in [0.1, 0.15) is 35.2 Å². The van der Waals surface area contributed by atoms with Gasteiger partial charge in [-0.1, -0.05) is 102 Å². The number of halogens is 2. The topological polar surface area (TPSA) is 81.0 Å². The molecule has 0 N–H and O–H groups in total. The first-order valence-corrected chi connectivity index (χ1v) is 15.8. The van der Waals surface area contributed by atoms with Gasteiger partial charge in [0.15, 0.2) is 4.80 Å². The third-order valence-electron chi connectivity index (χ3n) is 7.97. The smallest absolute Gasteiger partial charge is 0.338 e. The molecule has 0 bridgehead atoms. The second-order valence-corrected chi connectivity index (χ2v) is 12.1. The molecule has 5 aromatic rings. The maximum atomic E-state index is 14.5. The summed E-state index contributed by atoms with van der Waals surface area (Å²) in [6, 6.07) is 28.4. The van der Waals surface area contributed by atoms with E-state index in [-0.39, 0.29) is 34.7 Å². The highest BCUT2D eigenvalue weighted by Gasteiger charge is 2.38. The number of aromatic nitrogens is 1. The fourth-order valence-electron chi connectivity index (χ4n) is 5.90. The Labute approximate surface area is 271 Å². The number of esters is 1. The summed E-state index contributed by atoms with van der Waals surface area (Å²) >= 11 is 7.54. The molecular formula is C36H25ClFN3O4S. The van der Waals surface area contributed by atoms with Gasteiger partial charge in [0.05, 0.1) is 41.7 Å². The quantitative estimate of drug-likeness (QED) is 0.223. The lowest BCUT2D eigenvalue weighted by Crippen LogP contribution is -2.41. The van der Waals surface area contributed by atoms with Crippen LogP contribution in [0.3, 0.4) is 0 Å². The van der Waals surface area contributed by atoms with Crippen LogP contribution in [0.2, 0.25) is 5.02 Å². The van der Waals surface area contributed by atoms with Gasteiger partial charge in [-0.3, -0.25) is 14.2 Å². The Hall–Kier alpha value is -5.12. The van der Waals surface area contributed by atoms with E-state index in [1.54, 1.807) is 17.9 Å². The molecule has 0 saturated carbocycles. The fourth-order valence-corrected chi connectivity index (χ4v) is 7.19. The van der Waals surface area contributed by atoms with Crippen LogP contribution in [0.4, 0.5) is 10.1 Å². The van der Waals surface area contributed by atoms with E-state index in [0.29, 0.717) is 37.9 Å². The van der Waals surface area contributed by atoms with E-state index >= 15 is 0 Å². The third kappa shape index (κ3) is 4.98. The molecule has 1 amide bonds. The van der Waals surface area contributed by atoms with E-state index in [1.807, 2.05) is 72.8 Å². The Bertz CT molecular complexity index is 2240. The number of ether oxygens (including phenoxy) is 1. The summed E-state index contributed by atoms with van der Waals surface area (Å²) in [6.07, 6.45) is 0. The van der Waals surface area contributed by atoms with Gasteiger partial charge in [-0.15, -0.1) is 0 Å². The number of nitrogens with zero attached hydrogens (tertiary/aromatic N) is 3. The molecule has 10 heteroatoms. The number of carbonyl (C=O) groups is 2. The van der Waals surface area contributed by atoms with Crippen molar-refractivity contribution in [3.63, 3.8) is 0 Å². The summed E-state index contributed by atoms with van der Waals surface area (Å²) in [4.78, 5) is 49.2. The number of carbonyl (C=O) groups excluding carboxylic acids is 2. The molecule has 0 aliphatic carbocycles. The number of hydrogen-bond acceptors (Lipinski definition) is 6. The molecule has 0 saturated heterocycles. The van der Waals surface area contributed by atoms with Crippen molar-refractivity contribution in [2.24, 2.45) is 4.99 Å². The van der Waals surface area contributed by atoms with E-state index in [1.165, 1.54) is 28.8 Å². The summed E-state index contributed by atoms with van der Waals surface area (Å²) in [5, 5.41) is 0.528. The number of rotatable bonds is 6. The zero-order valence-electron chi connectivity index (χ0n) is 24.4. The van der Waals surface area contributed by atoms with Gasteiger partial charge in [0.2, 0.25) is 0 Å². The van der Waals surface area contributed by atoms with E-state index < -0.39 is 23.4 Å². The molecule has 2 aliphatic rings. The lowest BCUT2D eigenvalue weighted by Gasteiger charge is -2.25. The van der Waals surface area contributed by atoms with Crippen LogP contribution < -0.4 is 19.8 Å². The molecule has 1 unspecified atom stereocenters. The van der Waals surface area contributed by atoms with Crippen molar-refractivity contribution in [3.8, 4) is 0 Å². The Morgan fingerprint density at radius 1 is 0.935 bits per heavy atom. The Kier molecular flexibility index (Phi) is 7.72. The molecule has 7 nitrogen and oxygen atoms in total. The van der Waals surface area contributed by atoms with Crippen molar-refractivity contribution in [2.45, 2.75) is 19.5 Å². The number of anilines is 1. The van der Waals surface area contributed by atoms with Crippen LogP contribution in [0.25, 0.3) is 11.3 Å².